The molecule has 4 rings (SSSR count). The van der Waals surface area contributed by atoms with Crippen molar-refractivity contribution in [2.45, 2.75) is 5.92 Å². The van der Waals surface area contributed by atoms with Crippen LogP contribution in [0.2, 0.25) is 0 Å². The molecule has 0 radical (unpaired) electrons. The molecule has 0 N–H and O–H groups in total. The van der Waals surface area contributed by atoms with Crippen LogP contribution in [0.25, 0.3) is 12.2 Å². The minimum atomic E-state index is -0.354. The standard InChI is InChI=1S/C30H28O2/c1-31-28-14-8-6-12-26(28)18-22-30(23-19-27-13-7-9-15-29(27)32-2)20-16-25(17-21-30)24-10-4-3-5-11-24/h3-23,25H,1-2H3/b22-18+,23-19+. The van der Waals surface area contributed by atoms with Gasteiger partial charge in [-0.15, -0.1) is 0 Å². The van der Waals surface area contributed by atoms with E-state index in [-0.39, 0.29) is 11.3 Å². The summed E-state index contributed by atoms with van der Waals surface area (Å²) in [7, 11) is 3.41. The Kier molecular flexibility index (Phi) is 6.72. The number of rotatable bonds is 7. The van der Waals surface area contributed by atoms with Crippen molar-refractivity contribution in [2.24, 2.45) is 5.41 Å². The molecular formula is C30H28O2. The van der Waals surface area contributed by atoms with E-state index >= 15 is 0 Å². The van der Waals surface area contributed by atoms with Gasteiger partial charge >= 0.3 is 0 Å². The molecule has 0 aliphatic heterocycles. The third-order valence-electron chi connectivity index (χ3n) is 5.75. The van der Waals surface area contributed by atoms with Gasteiger partial charge in [0.25, 0.3) is 0 Å². The van der Waals surface area contributed by atoms with Gasteiger partial charge in [-0.25, -0.2) is 0 Å². The number of hydrogen-bond donors (Lipinski definition) is 0. The highest BCUT2D eigenvalue weighted by Crippen LogP contribution is 2.36. The van der Waals surface area contributed by atoms with Crippen LogP contribution in [0.15, 0.2) is 115 Å². The Labute approximate surface area is 190 Å². The molecule has 2 nitrogen and oxygen atoms in total. The number of ether oxygens (including phenoxy) is 2. The SMILES string of the molecule is COc1ccccc1/C=C/C1(/C=C/c2ccccc2OC)C=CC(c2ccccc2)C=C1. The highest BCUT2D eigenvalue weighted by molar-refractivity contribution is 5.63. The molecule has 3 aromatic carbocycles. The molecule has 2 heteroatoms. The molecule has 32 heavy (non-hydrogen) atoms. The van der Waals surface area contributed by atoms with Gasteiger partial charge in [-0.3, -0.25) is 0 Å². The lowest BCUT2D eigenvalue weighted by Gasteiger charge is -2.25. The van der Waals surface area contributed by atoms with Crippen LogP contribution < -0.4 is 9.47 Å². The van der Waals surface area contributed by atoms with Crippen molar-refractivity contribution in [3.8, 4) is 11.5 Å². The molecule has 160 valence electrons. The number of allylic oxidation sites excluding steroid dienone is 6. The molecule has 0 atom stereocenters. The van der Waals surface area contributed by atoms with Crippen molar-refractivity contribution in [1.82, 2.24) is 0 Å². The van der Waals surface area contributed by atoms with Gasteiger partial charge in [-0.1, -0.05) is 115 Å². The molecule has 0 spiro atoms. The van der Waals surface area contributed by atoms with Gasteiger partial charge in [0, 0.05) is 22.5 Å². The van der Waals surface area contributed by atoms with Gasteiger partial charge in [0.1, 0.15) is 11.5 Å². The highest BCUT2D eigenvalue weighted by atomic mass is 16.5. The van der Waals surface area contributed by atoms with Crippen LogP contribution in [0.3, 0.4) is 0 Å². The van der Waals surface area contributed by atoms with Crippen LogP contribution in [0.1, 0.15) is 22.6 Å². The summed E-state index contributed by atoms with van der Waals surface area (Å²) in [6.07, 6.45) is 17.8. The predicted octanol–water partition coefficient (Wildman–Crippen LogP) is 7.33. The summed E-state index contributed by atoms with van der Waals surface area (Å²) >= 11 is 0. The van der Waals surface area contributed by atoms with E-state index < -0.39 is 0 Å². The summed E-state index contributed by atoms with van der Waals surface area (Å²) < 4.78 is 11.1. The molecule has 0 bridgehead atoms. The summed E-state index contributed by atoms with van der Waals surface area (Å²) in [5, 5.41) is 0. The summed E-state index contributed by atoms with van der Waals surface area (Å²) in [4.78, 5) is 0. The average Bonchev–Trinajstić information content (AvgIpc) is 2.87. The number of hydrogen-bond acceptors (Lipinski definition) is 2. The average molecular weight is 421 g/mol. The Bertz CT molecular complexity index is 1080. The molecule has 0 fully saturated rings. The maximum atomic E-state index is 5.53. The van der Waals surface area contributed by atoms with E-state index in [2.05, 4.69) is 91.1 Å². The fourth-order valence-electron chi connectivity index (χ4n) is 3.91. The largest absolute Gasteiger partial charge is 0.496 e. The van der Waals surface area contributed by atoms with E-state index in [1.54, 1.807) is 14.2 Å². The van der Waals surface area contributed by atoms with Crippen LogP contribution in [0.4, 0.5) is 0 Å². The quantitative estimate of drug-likeness (QED) is 0.373. The van der Waals surface area contributed by atoms with Crippen LogP contribution in [-0.4, -0.2) is 14.2 Å². The molecule has 0 heterocycles. The second-order valence-corrected chi connectivity index (χ2v) is 7.81. The summed E-state index contributed by atoms with van der Waals surface area (Å²) in [5.74, 6) is 1.99. The maximum Gasteiger partial charge on any atom is 0.126 e. The zero-order chi connectivity index (χ0) is 22.2. The third kappa shape index (κ3) is 4.92. The topological polar surface area (TPSA) is 18.5 Å². The molecule has 1 aliphatic rings. The molecule has 1 aliphatic carbocycles. The molecule has 0 saturated carbocycles. The van der Waals surface area contributed by atoms with Crippen LogP contribution in [0, 0.1) is 5.41 Å². The number of methoxy groups -OCH3 is 2. The molecule has 0 amide bonds. The fourth-order valence-corrected chi connectivity index (χ4v) is 3.91. The van der Waals surface area contributed by atoms with E-state index in [0.29, 0.717) is 0 Å². The van der Waals surface area contributed by atoms with Crippen LogP contribution in [0.5, 0.6) is 11.5 Å². The van der Waals surface area contributed by atoms with Gasteiger partial charge in [0.05, 0.1) is 14.2 Å². The van der Waals surface area contributed by atoms with Gasteiger partial charge in [-0.2, -0.15) is 0 Å². The van der Waals surface area contributed by atoms with Crippen molar-refractivity contribution < 1.29 is 9.47 Å². The first-order valence-corrected chi connectivity index (χ1v) is 10.8. The van der Waals surface area contributed by atoms with Crippen molar-refractivity contribution in [1.29, 1.82) is 0 Å². The fraction of sp³-hybridized carbons (Fsp3) is 0.133. The van der Waals surface area contributed by atoms with Crippen LogP contribution >= 0.6 is 0 Å². The zero-order valence-electron chi connectivity index (χ0n) is 18.5. The van der Waals surface area contributed by atoms with Gasteiger partial charge in [0.2, 0.25) is 0 Å². The molecular weight excluding hydrogens is 392 g/mol. The van der Waals surface area contributed by atoms with Gasteiger partial charge < -0.3 is 9.47 Å². The zero-order valence-corrected chi connectivity index (χ0v) is 18.5. The summed E-state index contributed by atoms with van der Waals surface area (Å²) in [6.45, 7) is 0. The minimum absolute atomic E-state index is 0.267. The third-order valence-corrected chi connectivity index (χ3v) is 5.75. The van der Waals surface area contributed by atoms with Crippen LogP contribution in [-0.2, 0) is 0 Å². The number of para-hydroxylation sites is 2. The first kappa shape index (κ1) is 21.5. The van der Waals surface area contributed by atoms with E-state index in [4.69, 9.17) is 9.47 Å². The van der Waals surface area contributed by atoms with E-state index in [1.165, 1.54) is 5.56 Å². The Morgan fingerprint density at radius 3 is 1.59 bits per heavy atom. The van der Waals surface area contributed by atoms with Crippen molar-refractivity contribution >= 4 is 12.2 Å². The van der Waals surface area contributed by atoms with Gasteiger partial charge in [0.15, 0.2) is 0 Å². The molecule has 0 saturated heterocycles. The Morgan fingerprint density at radius 1 is 0.625 bits per heavy atom. The molecule has 3 aromatic rings. The lowest BCUT2D eigenvalue weighted by atomic mass is 9.78. The summed E-state index contributed by atoms with van der Waals surface area (Å²) in [6, 6.07) is 26.7. The Morgan fingerprint density at radius 2 is 1.09 bits per heavy atom. The Balaban J connectivity index is 1.69. The van der Waals surface area contributed by atoms with Crippen molar-refractivity contribution in [3.63, 3.8) is 0 Å². The predicted molar refractivity (Wildman–Crippen MR) is 134 cm³/mol. The smallest absolute Gasteiger partial charge is 0.126 e. The molecule has 0 aromatic heterocycles. The monoisotopic (exact) mass is 420 g/mol. The first-order valence-electron chi connectivity index (χ1n) is 10.8. The van der Waals surface area contributed by atoms with Gasteiger partial charge in [-0.05, 0) is 17.7 Å². The molecule has 0 unspecified atom stereocenters. The second-order valence-electron chi connectivity index (χ2n) is 7.81. The number of benzene rings is 3. The van der Waals surface area contributed by atoms with Crippen molar-refractivity contribution in [3.05, 3.63) is 132 Å². The van der Waals surface area contributed by atoms with E-state index in [9.17, 15) is 0 Å². The van der Waals surface area contributed by atoms with Crippen molar-refractivity contribution in [2.75, 3.05) is 14.2 Å². The van der Waals surface area contributed by atoms with E-state index in [0.717, 1.165) is 22.6 Å². The first-order chi connectivity index (χ1) is 15.7. The summed E-state index contributed by atoms with van der Waals surface area (Å²) in [5.41, 5.74) is 3.03. The van der Waals surface area contributed by atoms with E-state index in [1.807, 2.05) is 36.4 Å². The highest BCUT2D eigenvalue weighted by Gasteiger charge is 2.22. The lowest BCUT2D eigenvalue weighted by Crippen LogP contribution is -2.12. The lowest BCUT2D eigenvalue weighted by molar-refractivity contribution is 0.414. The second kappa shape index (κ2) is 10.0. The Hall–Kier alpha value is -3.78. The normalized spacial score (nSPS) is 15.4. The minimum Gasteiger partial charge on any atom is -0.496 e. The maximum absolute atomic E-state index is 5.53.